The summed E-state index contributed by atoms with van der Waals surface area (Å²) in [6.45, 7) is 5.23. The van der Waals surface area contributed by atoms with Gasteiger partial charge in [-0.25, -0.2) is 0 Å². The standard InChI is InChI=1S/C6H14ClN.ClH/c1-3-5-8-6(7)4-2;/h6,8H,3-5H2,1-2H3;1H. The van der Waals surface area contributed by atoms with Crippen molar-refractivity contribution in [1.82, 2.24) is 5.32 Å². The summed E-state index contributed by atoms with van der Waals surface area (Å²) < 4.78 is 0. The van der Waals surface area contributed by atoms with E-state index in [1.54, 1.807) is 0 Å². The topological polar surface area (TPSA) is 12.0 Å². The van der Waals surface area contributed by atoms with Crippen LogP contribution in [0.2, 0.25) is 0 Å². The molecule has 0 radical (unpaired) electrons. The van der Waals surface area contributed by atoms with E-state index in [1.165, 1.54) is 0 Å². The number of halogens is 2. The molecule has 0 aromatic rings. The van der Waals surface area contributed by atoms with Crippen LogP contribution in [0.15, 0.2) is 0 Å². The zero-order chi connectivity index (χ0) is 6.41. The fourth-order valence-corrected chi connectivity index (χ4v) is 0.554. The molecule has 0 saturated heterocycles. The Labute approximate surface area is 68.6 Å². The third-order valence-corrected chi connectivity index (χ3v) is 1.44. The van der Waals surface area contributed by atoms with E-state index in [1.807, 2.05) is 0 Å². The summed E-state index contributed by atoms with van der Waals surface area (Å²) in [5.41, 5.74) is 0.176. The van der Waals surface area contributed by atoms with Crippen LogP contribution < -0.4 is 5.32 Å². The van der Waals surface area contributed by atoms with Crippen molar-refractivity contribution in [2.75, 3.05) is 6.54 Å². The molecule has 3 heteroatoms. The Morgan fingerprint density at radius 1 is 1.44 bits per heavy atom. The molecule has 1 unspecified atom stereocenters. The molecule has 0 aliphatic rings. The first-order valence-electron chi connectivity index (χ1n) is 3.18. The smallest absolute Gasteiger partial charge is 0.0822 e. The minimum atomic E-state index is 0. The van der Waals surface area contributed by atoms with Gasteiger partial charge in [0.05, 0.1) is 5.50 Å². The van der Waals surface area contributed by atoms with Gasteiger partial charge in [0.2, 0.25) is 0 Å². The maximum absolute atomic E-state index is 5.73. The number of hydrogen-bond donors (Lipinski definition) is 1. The highest BCUT2D eigenvalue weighted by atomic mass is 35.5. The van der Waals surface area contributed by atoms with Crippen molar-refractivity contribution >= 4 is 24.0 Å². The third kappa shape index (κ3) is 8.54. The summed E-state index contributed by atoms with van der Waals surface area (Å²) in [4.78, 5) is 0. The van der Waals surface area contributed by atoms with Crippen LogP contribution in [0.4, 0.5) is 0 Å². The molecule has 0 heterocycles. The van der Waals surface area contributed by atoms with Gasteiger partial charge < -0.3 is 5.32 Å². The second-order valence-electron chi connectivity index (χ2n) is 1.83. The molecule has 58 valence electrons. The minimum Gasteiger partial charge on any atom is -0.301 e. The van der Waals surface area contributed by atoms with Gasteiger partial charge in [-0.1, -0.05) is 13.8 Å². The molecule has 0 bridgehead atoms. The fourth-order valence-electron chi connectivity index (χ4n) is 0.445. The quantitative estimate of drug-likeness (QED) is 0.507. The van der Waals surface area contributed by atoms with Crippen molar-refractivity contribution in [2.24, 2.45) is 0 Å². The van der Waals surface area contributed by atoms with E-state index in [0.29, 0.717) is 0 Å². The zero-order valence-electron chi connectivity index (χ0n) is 5.98. The van der Waals surface area contributed by atoms with E-state index in [0.717, 1.165) is 19.4 Å². The molecule has 1 N–H and O–H groups in total. The van der Waals surface area contributed by atoms with Crippen molar-refractivity contribution in [3.63, 3.8) is 0 Å². The molecule has 0 amide bonds. The summed E-state index contributed by atoms with van der Waals surface area (Å²) in [6.07, 6.45) is 2.16. The molecule has 0 rings (SSSR count). The van der Waals surface area contributed by atoms with Gasteiger partial charge in [-0.05, 0) is 19.4 Å². The molecule has 0 spiro atoms. The molecule has 0 aliphatic carbocycles. The van der Waals surface area contributed by atoms with E-state index in [-0.39, 0.29) is 17.9 Å². The lowest BCUT2D eigenvalue weighted by Crippen LogP contribution is -2.23. The first-order valence-corrected chi connectivity index (χ1v) is 3.62. The molecule has 1 nitrogen and oxygen atoms in total. The lowest BCUT2D eigenvalue weighted by atomic mass is 10.4. The molecule has 0 saturated carbocycles. The summed E-state index contributed by atoms with van der Waals surface area (Å²) in [7, 11) is 0. The van der Waals surface area contributed by atoms with Gasteiger partial charge in [-0.15, -0.1) is 24.0 Å². The Kier molecular flexibility index (Phi) is 11.6. The highest BCUT2D eigenvalue weighted by molar-refractivity contribution is 6.20. The highest BCUT2D eigenvalue weighted by Gasteiger charge is 1.94. The first kappa shape index (κ1) is 12.2. The van der Waals surface area contributed by atoms with Crippen molar-refractivity contribution in [2.45, 2.75) is 32.2 Å². The Balaban J connectivity index is 0. The number of rotatable bonds is 4. The summed E-state index contributed by atoms with van der Waals surface area (Å²) in [5.74, 6) is 0. The molecule has 0 aromatic carbocycles. The van der Waals surface area contributed by atoms with Crippen LogP contribution in [0, 0.1) is 0 Å². The Morgan fingerprint density at radius 3 is 2.33 bits per heavy atom. The Morgan fingerprint density at radius 2 is 2.00 bits per heavy atom. The summed E-state index contributed by atoms with van der Waals surface area (Å²) in [5, 5.41) is 3.15. The van der Waals surface area contributed by atoms with Gasteiger partial charge in [-0.2, -0.15) is 0 Å². The largest absolute Gasteiger partial charge is 0.301 e. The van der Waals surface area contributed by atoms with Crippen LogP contribution in [0.1, 0.15) is 26.7 Å². The van der Waals surface area contributed by atoms with E-state index >= 15 is 0 Å². The van der Waals surface area contributed by atoms with E-state index < -0.39 is 0 Å². The van der Waals surface area contributed by atoms with E-state index in [4.69, 9.17) is 11.6 Å². The van der Waals surface area contributed by atoms with Gasteiger partial charge >= 0.3 is 0 Å². The number of nitrogens with one attached hydrogen (secondary N) is 1. The predicted molar refractivity (Wildman–Crippen MR) is 45.5 cm³/mol. The first-order chi connectivity index (χ1) is 3.81. The number of alkyl halides is 1. The zero-order valence-corrected chi connectivity index (χ0v) is 7.56. The van der Waals surface area contributed by atoms with Crippen molar-refractivity contribution in [3.8, 4) is 0 Å². The average Bonchev–Trinajstić information content (AvgIpc) is 1.83. The monoisotopic (exact) mass is 171 g/mol. The van der Waals surface area contributed by atoms with Gasteiger partial charge in [0, 0.05) is 0 Å². The van der Waals surface area contributed by atoms with Crippen LogP contribution in [-0.2, 0) is 0 Å². The highest BCUT2D eigenvalue weighted by Crippen LogP contribution is 1.94. The van der Waals surface area contributed by atoms with Crippen LogP contribution in [0.25, 0.3) is 0 Å². The lowest BCUT2D eigenvalue weighted by molar-refractivity contribution is 0.617. The molecule has 0 aliphatic heterocycles. The second kappa shape index (κ2) is 8.54. The molecular formula is C6H15Cl2N. The maximum atomic E-state index is 5.73. The molecular weight excluding hydrogens is 157 g/mol. The lowest BCUT2D eigenvalue weighted by Gasteiger charge is -2.05. The second-order valence-corrected chi connectivity index (χ2v) is 2.36. The van der Waals surface area contributed by atoms with Crippen LogP contribution in [0.5, 0.6) is 0 Å². The molecule has 1 atom stereocenters. The van der Waals surface area contributed by atoms with Crippen molar-refractivity contribution in [3.05, 3.63) is 0 Å². The summed E-state index contributed by atoms with van der Waals surface area (Å²) in [6, 6.07) is 0. The van der Waals surface area contributed by atoms with E-state index in [9.17, 15) is 0 Å². The third-order valence-electron chi connectivity index (χ3n) is 0.974. The average molecular weight is 172 g/mol. The van der Waals surface area contributed by atoms with Crippen LogP contribution >= 0.6 is 24.0 Å². The van der Waals surface area contributed by atoms with E-state index in [2.05, 4.69) is 19.2 Å². The van der Waals surface area contributed by atoms with Gasteiger partial charge in [0.15, 0.2) is 0 Å². The molecule has 9 heavy (non-hydrogen) atoms. The SMILES string of the molecule is CCCNC(Cl)CC.Cl. The van der Waals surface area contributed by atoms with Gasteiger partial charge in [0.25, 0.3) is 0 Å². The predicted octanol–water partition coefficient (Wildman–Crippen LogP) is 2.38. The van der Waals surface area contributed by atoms with Crippen molar-refractivity contribution < 1.29 is 0 Å². The normalized spacial score (nSPS) is 12.3. The van der Waals surface area contributed by atoms with Gasteiger partial charge in [-0.3, -0.25) is 0 Å². The minimum absolute atomic E-state index is 0. The van der Waals surface area contributed by atoms with Crippen molar-refractivity contribution in [1.29, 1.82) is 0 Å². The fraction of sp³-hybridized carbons (Fsp3) is 1.00. The van der Waals surface area contributed by atoms with Gasteiger partial charge in [0.1, 0.15) is 0 Å². The Hall–Kier alpha value is 0.540. The van der Waals surface area contributed by atoms with Crippen LogP contribution in [-0.4, -0.2) is 12.0 Å². The number of hydrogen-bond acceptors (Lipinski definition) is 1. The summed E-state index contributed by atoms with van der Waals surface area (Å²) >= 11 is 5.73. The Bertz CT molecular complexity index is 50.3. The maximum Gasteiger partial charge on any atom is 0.0822 e. The van der Waals surface area contributed by atoms with Crippen LogP contribution in [0.3, 0.4) is 0 Å². The molecule has 0 fully saturated rings. The molecule has 0 aromatic heterocycles.